The van der Waals surface area contributed by atoms with Crippen LogP contribution in [0, 0.1) is 0 Å². The maximum atomic E-state index is 7.71. The van der Waals surface area contributed by atoms with Crippen LogP contribution in [0.2, 0.25) is 40.2 Å². The Balaban J connectivity index is 1.41. The normalized spacial score (nSPS) is 11.6. The summed E-state index contributed by atoms with van der Waals surface area (Å²) in [6.45, 7) is 0. The zero-order chi connectivity index (χ0) is 68.8. The highest BCUT2D eigenvalue weighted by Gasteiger charge is 2.33. The lowest BCUT2D eigenvalue weighted by Crippen LogP contribution is -2.30. The topological polar surface area (TPSA) is 73.8 Å². The lowest BCUT2D eigenvalue weighted by atomic mass is 9.89. The van der Waals surface area contributed by atoms with Crippen LogP contribution in [0.4, 0.5) is 0 Å². The molecule has 0 aromatic heterocycles. The fraction of sp³-hybridized carbons (Fsp3) is 0.100. The largest absolute Gasteiger partial charge is 0.497 e. The molecule has 0 amide bonds. The average Bonchev–Trinajstić information content (AvgIpc) is 0.697. The number of methoxy groups -OCH3 is 8. The monoisotopic (exact) mass is 1490 g/mol. The number of hydrogen-bond acceptors (Lipinski definition) is 10. The Morgan fingerprint density at radius 2 is 0.357 bits per heavy atom. The van der Waals surface area contributed by atoms with E-state index in [0.717, 1.165) is 62.0 Å². The first-order valence-corrected chi connectivity index (χ1v) is 34.9. The summed E-state index contributed by atoms with van der Waals surface area (Å²) in [6, 6.07) is 61.9. The van der Waals surface area contributed by atoms with Gasteiger partial charge in [-0.05, 0) is 167 Å². The second-order valence-electron chi connectivity index (χ2n) is 22.4. The molecular formula is C80H56Cl8O8S2. The fourth-order valence-corrected chi connectivity index (χ4v) is 17.7. The lowest BCUT2D eigenvalue weighted by Gasteiger charge is -2.28. The third-order valence-electron chi connectivity index (χ3n) is 17.2. The minimum atomic E-state index is 0.393. The number of halogens is 8. The van der Waals surface area contributed by atoms with Crippen LogP contribution in [0.5, 0.6) is 46.0 Å². The summed E-state index contributed by atoms with van der Waals surface area (Å²) in [4.78, 5) is 3.14. The van der Waals surface area contributed by atoms with E-state index in [0.29, 0.717) is 153 Å². The molecule has 0 aliphatic carbocycles. The van der Waals surface area contributed by atoms with Crippen molar-refractivity contribution in [1.29, 1.82) is 0 Å². The van der Waals surface area contributed by atoms with E-state index in [1.54, 1.807) is 129 Å². The van der Waals surface area contributed by atoms with E-state index in [2.05, 4.69) is 24.3 Å². The molecule has 0 unspecified atom stereocenters. The standard InChI is InChI=1S/C80H56Cl8O8S2/c1-89-41-17-25-53(61(81)33-41)69(54-26-18-42(90-2)34-62(54)82)73-49-13-9-10-14-50(49)74(70(55-27-19-43(91-3)35-63(55)83)56-28-20-44(92-4)36-64(56)84)78-77(73)97-79-75(71(57-29-21-45(93-5)37-65(57)85)58-30-22-46(94-6)38-66(58)86)51-15-11-12-16-52(51)76(80(79)98-78)72(59-31-23-47(95-7)39-67(59)87)60-32-24-48(96-8)40-68(60)88/h9-40H,1-8H3. The average molecular weight is 1490 g/mol. The van der Waals surface area contributed by atoms with Crippen LogP contribution < -0.4 is 58.8 Å². The van der Waals surface area contributed by atoms with E-state index in [1.807, 2.05) is 121 Å². The highest BCUT2D eigenvalue weighted by Crippen LogP contribution is 2.50. The van der Waals surface area contributed by atoms with E-state index < -0.39 is 0 Å². The second kappa shape index (κ2) is 29.1. The van der Waals surface area contributed by atoms with Gasteiger partial charge >= 0.3 is 0 Å². The molecule has 0 N–H and O–H groups in total. The maximum Gasteiger partial charge on any atom is 0.120 e. The summed E-state index contributed by atoms with van der Waals surface area (Å²) in [7, 11) is 12.9. The molecule has 492 valence electrons. The molecule has 0 saturated carbocycles. The van der Waals surface area contributed by atoms with Crippen molar-refractivity contribution < 1.29 is 37.9 Å². The van der Waals surface area contributed by atoms with Gasteiger partial charge in [-0.2, -0.15) is 0 Å². The van der Waals surface area contributed by atoms with Gasteiger partial charge in [0.05, 0.1) is 97.1 Å². The summed E-state index contributed by atoms with van der Waals surface area (Å²) in [5.41, 5.74) is 7.97. The molecule has 1 heterocycles. The number of hydrogen-bond donors (Lipinski definition) is 0. The predicted octanol–water partition coefficient (Wildman–Crippen LogP) is 20.9. The molecule has 8 nitrogen and oxygen atoms in total. The zero-order valence-corrected chi connectivity index (χ0v) is 61.3. The quantitative estimate of drug-likeness (QED) is 0.0934. The van der Waals surface area contributed by atoms with Gasteiger partial charge in [0.1, 0.15) is 46.0 Å². The van der Waals surface area contributed by atoms with Crippen LogP contribution in [0.1, 0.15) is 44.5 Å². The summed E-state index contributed by atoms with van der Waals surface area (Å²) in [5.74, 6) is 4.40. The first-order valence-electron chi connectivity index (χ1n) is 30.3. The minimum absolute atomic E-state index is 0.393. The number of ether oxygens (including phenoxy) is 8. The summed E-state index contributed by atoms with van der Waals surface area (Å²) < 4.78 is 46.7. The van der Waals surface area contributed by atoms with Crippen LogP contribution in [0.15, 0.2) is 214 Å². The van der Waals surface area contributed by atoms with Gasteiger partial charge in [0.15, 0.2) is 0 Å². The van der Waals surface area contributed by atoms with Crippen LogP contribution in [-0.4, -0.2) is 56.9 Å². The van der Waals surface area contributed by atoms with Crippen molar-refractivity contribution >= 4 is 160 Å². The van der Waals surface area contributed by atoms with Crippen molar-refractivity contribution in [3.8, 4) is 46.0 Å². The number of rotatable bonds is 16. The van der Waals surface area contributed by atoms with Crippen LogP contribution in [-0.2, 0) is 0 Å². The van der Waals surface area contributed by atoms with Crippen molar-refractivity contribution in [2.75, 3.05) is 56.9 Å². The molecule has 18 heteroatoms. The smallest absolute Gasteiger partial charge is 0.120 e. The summed E-state index contributed by atoms with van der Waals surface area (Å²) >= 11 is 64.8. The van der Waals surface area contributed by atoms with Gasteiger partial charge in [0.2, 0.25) is 0 Å². The van der Waals surface area contributed by atoms with Gasteiger partial charge in [-0.25, -0.2) is 0 Å². The summed E-state index contributed by atoms with van der Waals surface area (Å²) in [6.07, 6.45) is 0. The number of fused-ring (bicyclic) bond motifs is 4. The van der Waals surface area contributed by atoms with E-state index >= 15 is 0 Å². The molecule has 0 saturated heterocycles. The molecule has 1 aliphatic rings. The molecule has 98 heavy (non-hydrogen) atoms. The number of benzene rings is 12. The zero-order valence-electron chi connectivity index (χ0n) is 53.6. The Labute approximate surface area is 615 Å². The first-order chi connectivity index (χ1) is 47.5. The van der Waals surface area contributed by atoms with E-state index in [-0.39, 0.29) is 0 Å². The fourth-order valence-electron chi connectivity index (χ4n) is 12.6. The van der Waals surface area contributed by atoms with Crippen molar-refractivity contribution in [1.82, 2.24) is 0 Å². The van der Waals surface area contributed by atoms with E-state index in [9.17, 15) is 0 Å². The third-order valence-corrected chi connectivity index (χ3v) is 22.4. The molecule has 0 atom stereocenters. The predicted molar refractivity (Wildman–Crippen MR) is 405 cm³/mol. The van der Waals surface area contributed by atoms with Gasteiger partial charge in [0, 0.05) is 107 Å². The van der Waals surface area contributed by atoms with Crippen molar-refractivity contribution in [2.45, 2.75) is 19.6 Å². The Morgan fingerprint density at radius 3 is 0.480 bits per heavy atom. The lowest BCUT2D eigenvalue weighted by molar-refractivity contribution is 0.414. The van der Waals surface area contributed by atoms with Crippen molar-refractivity contribution in [3.05, 3.63) is 300 Å². The Kier molecular flexibility index (Phi) is 20.4. The molecule has 1 aliphatic heterocycles. The Hall–Kier alpha value is -7.94. The summed E-state index contributed by atoms with van der Waals surface area (Å²) in [5, 5.41) is 9.47. The van der Waals surface area contributed by atoms with Gasteiger partial charge in [-0.3, -0.25) is 0 Å². The van der Waals surface area contributed by atoms with Crippen molar-refractivity contribution in [2.24, 2.45) is 0 Å². The van der Waals surface area contributed by atoms with E-state index in [1.165, 1.54) is 0 Å². The molecule has 12 aromatic rings. The molecule has 12 aromatic carbocycles. The molecule has 0 spiro atoms. The Morgan fingerprint density at radius 1 is 0.214 bits per heavy atom. The van der Waals surface area contributed by atoms with Crippen LogP contribution in [0.25, 0.3) is 43.8 Å². The molecular weight excluding hydrogens is 1440 g/mol. The SMILES string of the molecule is COc1ccc(C(c2ccc(OC)cc2Cl)=c2c3c(c(=C(c4ccc(OC)cc4Cl)c4ccc(OC)cc4Cl)c4ccccc24)Sc2c(c(=C(c4ccc(OC)cc4Cl)c4ccc(OC)cc4Cl)c4ccccc4c2=C(c2ccc(OC)cc2Cl)c2ccc(OC)cc2Cl)S3)c(Cl)c1. The van der Waals surface area contributed by atoms with Gasteiger partial charge in [0.25, 0.3) is 0 Å². The highest BCUT2D eigenvalue weighted by molar-refractivity contribution is 8.05. The Bertz CT molecular complexity index is 4630. The minimum Gasteiger partial charge on any atom is -0.497 e. The second-order valence-corrected chi connectivity index (χ2v) is 27.7. The highest BCUT2D eigenvalue weighted by atomic mass is 35.5. The maximum absolute atomic E-state index is 7.71. The van der Waals surface area contributed by atoms with Crippen molar-refractivity contribution in [3.63, 3.8) is 0 Å². The van der Waals surface area contributed by atoms with E-state index in [4.69, 9.17) is 131 Å². The van der Waals surface area contributed by atoms with Gasteiger partial charge < -0.3 is 37.9 Å². The van der Waals surface area contributed by atoms with Gasteiger partial charge in [-0.1, -0.05) is 165 Å². The first kappa shape index (κ1) is 68.6. The van der Waals surface area contributed by atoms with Crippen LogP contribution >= 0.6 is 116 Å². The molecule has 13 rings (SSSR count). The molecule has 0 fully saturated rings. The molecule has 0 bridgehead atoms. The van der Waals surface area contributed by atoms with Gasteiger partial charge in [-0.15, -0.1) is 0 Å². The third kappa shape index (κ3) is 12.6. The van der Waals surface area contributed by atoms with Crippen LogP contribution in [0.3, 0.4) is 0 Å². The molecule has 0 radical (unpaired) electrons.